The maximum absolute atomic E-state index is 12.4. The minimum atomic E-state index is -4.06. The van der Waals surface area contributed by atoms with Crippen molar-refractivity contribution in [3.63, 3.8) is 0 Å². The lowest BCUT2D eigenvalue weighted by Crippen LogP contribution is -2.13. The molecule has 0 aliphatic carbocycles. The van der Waals surface area contributed by atoms with E-state index in [-0.39, 0.29) is 20.7 Å². The number of fused-ring (bicyclic) bond motifs is 1. The largest absolute Gasteiger partial charge is 0.300 e. The van der Waals surface area contributed by atoms with Crippen LogP contribution in [0, 0.1) is 20.2 Å². The summed E-state index contributed by atoms with van der Waals surface area (Å²) in [4.78, 5) is 21.0. The molecule has 25 heavy (non-hydrogen) atoms. The highest BCUT2D eigenvalue weighted by Crippen LogP contribution is 2.40. The molecule has 0 saturated carbocycles. The molecule has 0 bridgehead atoms. The number of rotatable bonds is 5. The molecule has 0 fully saturated rings. The Kier molecular flexibility index (Phi) is 4.10. The Morgan fingerprint density at radius 2 is 1.56 bits per heavy atom. The highest BCUT2D eigenvalue weighted by Gasteiger charge is 2.28. The fraction of sp³-hybridized carbons (Fsp3) is 0. The number of benzene rings is 2. The number of nitrogens with one attached hydrogen (secondary N) is 1. The second kappa shape index (κ2) is 6.11. The van der Waals surface area contributed by atoms with Gasteiger partial charge >= 0.3 is 5.69 Å². The third-order valence-electron chi connectivity index (χ3n) is 3.39. The highest BCUT2D eigenvalue weighted by atomic mass is 32.2. The van der Waals surface area contributed by atoms with Crippen molar-refractivity contribution in [2.45, 2.75) is 4.21 Å². The maximum atomic E-state index is 12.4. The normalized spacial score (nSPS) is 11.4. The van der Waals surface area contributed by atoms with Crippen molar-refractivity contribution in [3.8, 4) is 0 Å². The van der Waals surface area contributed by atoms with Crippen molar-refractivity contribution < 1.29 is 18.3 Å². The number of nitro benzene ring substituents is 2. The molecule has 3 rings (SSSR count). The van der Waals surface area contributed by atoms with Crippen molar-refractivity contribution in [3.05, 3.63) is 68.1 Å². The Morgan fingerprint density at radius 1 is 0.920 bits per heavy atom. The van der Waals surface area contributed by atoms with E-state index in [0.717, 1.165) is 17.4 Å². The van der Waals surface area contributed by atoms with Gasteiger partial charge in [-0.2, -0.15) is 0 Å². The van der Waals surface area contributed by atoms with Crippen molar-refractivity contribution in [1.82, 2.24) is 0 Å². The first-order valence-corrected chi connectivity index (χ1v) is 9.08. The minimum Gasteiger partial charge on any atom is -0.272 e. The molecule has 0 amide bonds. The molecule has 1 N–H and O–H groups in total. The predicted octanol–water partition coefficient (Wildman–Crippen LogP) is 3.52. The van der Waals surface area contributed by atoms with Crippen LogP contribution in [0.15, 0.2) is 52.1 Å². The van der Waals surface area contributed by atoms with Gasteiger partial charge in [-0.1, -0.05) is 24.3 Å². The molecule has 9 nitrogen and oxygen atoms in total. The summed E-state index contributed by atoms with van der Waals surface area (Å²) in [5, 5.41) is 24.3. The second-order valence-corrected chi connectivity index (χ2v) is 7.74. The molecule has 3 aromatic rings. The number of sulfonamides is 1. The third kappa shape index (κ3) is 3.02. The number of hydrogen-bond donors (Lipinski definition) is 1. The van der Waals surface area contributed by atoms with E-state index in [1.54, 1.807) is 5.38 Å². The molecule has 0 atom stereocenters. The zero-order valence-electron chi connectivity index (χ0n) is 12.3. The molecular formula is C14H9N3O6S2. The zero-order chi connectivity index (χ0) is 18.2. The van der Waals surface area contributed by atoms with Gasteiger partial charge in [-0.15, -0.1) is 11.3 Å². The summed E-state index contributed by atoms with van der Waals surface area (Å²) < 4.78 is 27.1. The van der Waals surface area contributed by atoms with Crippen molar-refractivity contribution in [2.24, 2.45) is 0 Å². The number of anilines is 1. The zero-order valence-corrected chi connectivity index (χ0v) is 13.9. The Labute approximate surface area is 144 Å². The van der Waals surface area contributed by atoms with E-state index in [9.17, 15) is 28.6 Å². The standard InChI is InChI=1S/C14H9N3O6S2/c18-16(19)11-8-12(17(20)21)14(10-5-2-1-4-9(10)11)15-25(22,23)13-6-3-7-24-13/h1-8,15H. The lowest BCUT2D eigenvalue weighted by Gasteiger charge is -2.10. The summed E-state index contributed by atoms with van der Waals surface area (Å²) in [5.41, 5.74) is -1.47. The SMILES string of the molecule is O=[N+]([O-])c1cc([N+](=O)[O-])c2ccccc2c1NS(=O)(=O)c1cccs1. The van der Waals surface area contributed by atoms with E-state index in [1.165, 1.54) is 36.4 Å². The summed E-state index contributed by atoms with van der Waals surface area (Å²) in [7, 11) is -4.06. The average Bonchev–Trinajstić information content (AvgIpc) is 3.09. The summed E-state index contributed by atoms with van der Waals surface area (Å²) in [6, 6.07) is 9.47. The average molecular weight is 379 g/mol. The predicted molar refractivity (Wildman–Crippen MR) is 92.4 cm³/mol. The van der Waals surface area contributed by atoms with Crippen LogP contribution in [0.4, 0.5) is 17.1 Å². The van der Waals surface area contributed by atoms with Gasteiger partial charge in [0.05, 0.1) is 21.3 Å². The Bertz CT molecular complexity index is 1090. The van der Waals surface area contributed by atoms with Crippen molar-refractivity contribution in [1.29, 1.82) is 0 Å². The number of non-ortho nitro benzene ring substituents is 1. The summed E-state index contributed by atoms with van der Waals surface area (Å²) in [6.07, 6.45) is 0. The van der Waals surface area contributed by atoms with Crippen LogP contribution in [-0.4, -0.2) is 18.3 Å². The smallest absolute Gasteiger partial charge is 0.272 e. The Balaban J connectivity index is 2.30. The van der Waals surface area contributed by atoms with E-state index in [4.69, 9.17) is 0 Å². The third-order valence-corrected chi connectivity index (χ3v) is 6.14. The summed E-state index contributed by atoms with van der Waals surface area (Å²) in [6.45, 7) is 0. The first kappa shape index (κ1) is 16.8. The molecule has 1 heterocycles. The summed E-state index contributed by atoms with van der Waals surface area (Å²) >= 11 is 0.948. The van der Waals surface area contributed by atoms with Crippen LogP contribution >= 0.6 is 11.3 Å². The van der Waals surface area contributed by atoms with Crippen LogP contribution in [0.5, 0.6) is 0 Å². The van der Waals surface area contributed by atoms with Gasteiger partial charge in [0.1, 0.15) is 9.90 Å². The molecule has 0 radical (unpaired) electrons. The Morgan fingerprint density at radius 3 is 2.12 bits per heavy atom. The van der Waals surface area contributed by atoms with Crippen LogP contribution in [0.1, 0.15) is 0 Å². The van der Waals surface area contributed by atoms with Gasteiger partial charge in [0.15, 0.2) is 0 Å². The first-order valence-electron chi connectivity index (χ1n) is 6.72. The molecule has 2 aromatic carbocycles. The van der Waals surface area contributed by atoms with Gasteiger partial charge in [-0.3, -0.25) is 25.0 Å². The molecule has 1 aromatic heterocycles. The van der Waals surface area contributed by atoms with Crippen LogP contribution in [-0.2, 0) is 10.0 Å². The van der Waals surface area contributed by atoms with Gasteiger partial charge in [0.2, 0.25) is 0 Å². The molecule has 0 saturated heterocycles. The van der Waals surface area contributed by atoms with Gasteiger partial charge < -0.3 is 0 Å². The Hall–Kier alpha value is -3.05. The first-order chi connectivity index (χ1) is 11.8. The molecule has 0 spiro atoms. The lowest BCUT2D eigenvalue weighted by molar-refractivity contribution is -0.392. The van der Waals surface area contributed by atoms with Crippen LogP contribution in [0.3, 0.4) is 0 Å². The summed E-state index contributed by atoms with van der Waals surface area (Å²) in [5.74, 6) is 0. The van der Waals surface area contributed by atoms with E-state index in [2.05, 4.69) is 4.72 Å². The highest BCUT2D eigenvalue weighted by molar-refractivity contribution is 7.94. The topological polar surface area (TPSA) is 132 Å². The molecule has 0 unspecified atom stereocenters. The molecule has 128 valence electrons. The number of thiophene rings is 1. The fourth-order valence-corrected chi connectivity index (χ4v) is 4.43. The van der Waals surface area contributed by atoms with Crippen molar-refractivity contribution in [2.75, 3.05) is 4.72 Å². The molecule has 0 aliphatic rings. The molecular weight excluding hydrogens is 370 g/mol. The quantitative estimate of drug-likeness (QED) is 0.533. The molecule has 11 heteroatoms. The van der Waals surface area contributed by atoms with E-state index in [0.29, 0.717) is 0 Å². The lowest BCUT2D eigenvalue weighted by atomic mass is 10.1. The van der Waals surface area contributed by atoms with Crippen LogP contribution in [0.25, 0.3) is 10.8 Å². The number of nitro groups is 2. The number of nitrogens with zero attached hydrogens (tertiary/aromatic N) is 2. The van der Waals surface area contributed by atoms with E-state index in [1.807, 2.05) is 0 Å². The maximum Gasteiger partial charge on any atom is 0.300 e. The van der Waals surface area contributed by atoms with Gasteiger partial charge in [-0.25, -0.2) is 8.42 Å². The monoisotopic (exact) mass is 379 g/mol. The van der Waals surface area contributed by atoms with Crippen LogP contribution < -0.4 is 4.72 Å². The van der Waals surface area contributed by atoms with E-state index >= 15 is 0 Å². The number of hydrogen-bond acceptors (Lipinski definition) is 7. The van der Waals surface area contributed by atoms with Gasteiger partial charge in [0, 0.05) is 5.39 Å². The fourth-order valence-electron chi connectivity index (χ4n) is 2.35. The molecule has 0 aliphatic heterocycles. The van der Waals surface area contributed by atoms with Crippen LogP contribution in [0.2, 0.25) is 0 Å². The van der Waals surface area contributed by atoms with Gasteiger partial charge in [0.25, 0.3) is 15.7 Å². The van der Waals surface area contributed by atoms with Crippen molar-refractivity contribution >= 4 is 49.2 Å². The minimum absolute atomic E-state index is 0.0239. The second-order valence-electron chi connectivity index (χ2n) is 4.89. The van der Waals surface area contributed by atoms with Gasteiger partial charge in [-0.05, 0) is 17.5 Å². The van der Waals surface area contributed by atoms with E-state index < -0.39 is 31.2 Å².